The monoisotopic (exact) mass is 143 g/mol. The SMILES string of the molecule is CC(=O)Nc1cno[n+]1[O-]. The van der Waals surface area contributed by atoms with E-state index in [0.29, 0.717) is 0 Å². The molecule has 10 heavy (non-hydrogen) atoms. The molecule has 54 valence electrons. The molecule has 0 spiro atoms. The third kappa shape index (κ3) is 1.22. The summed E-state index contributed by atoms with van der Waals surface area (Å²) in [5, 5.41) is 15.8. The first-order valence-electron chi connectivity index (χ1n) is 2.52. The number of hydrogen-bond acceptors (Lipinski definition) is 4. The summed E-state index contributed by atoms with van der Waals surface area (Å²) in [5.41, 5.74) is 0. The number of rotatable bonds is 1. The van der Waals surface area contributed by atoms with Gasteiger partial charge in [-0.2, -0.15) is 0 Å². The van der Waals surface area contributed by atoms with Gasteiger partial charge < -0.3 is 9.84 Å². The molecule has 0 fully saturated rings. The molecule has 1 N–H and O–H groups in total. The first kappa shape index (κ1) is 6.53. The van der Waals surface area contributed by atoms with Crippen LogP contribution in [0.15, 0.2) is 10.8 Å². The fourth-order valence-corrected chi connectivity index (χ4v) is 0.466. The fraction of sp³-hybridized carbons (Fsp3) is 0.250. The van der Waals surface area contributed by atoms with E-state index < -0.39 is 0 Å². The van der Waals surface area contributed by atoms with Crippen LogP contribution in [0.1, 0.15) is 6.92 Å². The molecule has 1 aromatic rings. The number of hydrogen-bond donors (Lipinski definition) is 1. The lowest BCUT2D eigenvalue weighted by atomic mass is 10.6. The van der Waals surface area contributed by atoms with E-state index in [0.717, 1.165) is 6.20 Å². The van der Waals surface area contributed by atoms with Crippen molar-refractivity contribution in [3.8, 4) is 0 Å². The molecule has 0 aliphatic rings. The van der Waals surface area contributed by atoms with Gasteiger partial charge in [-0.1, -0.05) is 4.90 Å². The van der Waals surface area contributed by atoms with Crippen LogP contribution in [0.25, 0.3) is 0 Å². The van der Waals surface area contributed by atoms with Crippen molar-refractivity contribution in [2.45, 2.75) is 6.92 Å². The first-order valence-corrected chi connectivity index (χ1v) is 2.52. The van der Waals surface area contributed by atoms with Crippen LogP contribution in [-0.4, -0.2) is 11.1 Å². The Hall–Kier alpha value is -1.59. The Balaban J connectivity index is 2.74. The number of amides is 1. The molecule has 0 atom stereocenters. The Morgan fingerprint density at radius 2 is 2.70 bits per heavy atom. The van der Waals surface area contributed by atoms with Crippen molar-refractivity contribution in [2.75, 3.05) is 5.32 Å². The highest BCUT2D eigenvalue weighted by atomic mass is 16.8. The van der Waals surface area contributed by atoms with E-state index in [1.165, 1.54) is 6.92 Å². The number of anilines is 1. The third-order valence-electron chi connectivity index (χ3n) is 0.797. The summed E-state index contributed by atoms with van der Waals surface area (Å²) in [7, 11) is 0. The fourth-order valence-electron chi connectivity index (χ4n) is 0.466. The lowest BCUT2D eigenvalue weighted by Gasteiger charge is -1.92. The second-order valence-electron chi connectivity index (χ2n) is 1.64. The van der Waals surface area contributed by atoms with E-state index in [1.54, 1.807) is 0 Å². The molecule has 0 aliphatic carbocycles. The van der Waals surface area contributed by atoms with Crippen LogP contribution in [0.3, 0.4) is 0 Å². The minimum absolute atomic E-state index is 0.00694. The number of aromatic nitrogens is 2. The van der Waals surface area contributed by atoms with Gasteiger partial charge in [-0.05, 0) is 5.16 Å². The predicted molar refractivity (Wildman–Crippen MR) is 29.8 cm³/mol. The van der Waals surface area contributed by atoms with Crippen molar-refractivity contribution in [1.82, 2.24) is 5.16 Å². The van der Waals surface area contributed by atoms with Crippen LogP contribution in [0.5, 0.6) is 0 Å². The topological polar surface area (TPSA) is 82.1 Å². The van der Waals surface area contributed by atoms with Gasteiger partial charge in [-0.3, -0.25) is 4.79 Å². The molecular weight excluding hydrogens is 138 g/mol. The van der Waals surface area contributed by atoms with Gasteiger partial charge in [-0.15, -0.1) is 0 Å². The second kappa shape index (κ2) is 2.34. The van der Waals surface area contributed by atoms with Crippen molar-refractivity contribution >= 4 is 11.7 Å². The highest BCUT2D eigenvalue weighted by Gasteiger charge is 2.06. The van der Waals surface area contributed by atoms with Crippen LogP contribution in [0, 0.1) is 5.21 Å². The van der Waals surface area contributed by atoms with Gasteiger partial charge in [-0.25, -0.2) is 5.32 Å². The van der Waals surface area contributed by atoms with E-state index in [1.807, 2.05) is 0 Å². The van der Waals surface area contributed by atoms with Gasteiger partial charge in [0, 0.05) is 6.92 Å². The molecule has 1 amide bonds. The largest absolute Gasteiger partial charge is 0.391 e. The molecular formula is C4H5N3O3. The standard InChI is InChI=1S/C4H5N3O3/c1-3(8)6-4-2-5-10-7(4)9/h2H,1H3,(H,6,8). The number of carbonyl (C=O) groups is 1. The molecule has 0 radical (unpaired) electrons. The van der Waals surface area contributed by atoms with Gasteiger partial charge in [0.15, 0.2) is 6.20 Å². The summed E-state index contributed by atoms with van der Waals surface area (Å²) >= 11 is 0. The highest BCUT2D eigenvalue weighted by Crippen LogP contribution is 1.93. The molecule has 1 aromatic heterocycles. The summed E-state index contributed by atoms with van der Waals surface area (Å²) in [6, 6.07) is 0. The summed E-state index contributed by atoms with van der Waals surface area (Å²) in [6.07, 6.45) is 1.12. The maximum absolute atomic E-state index is 10.4. The maximum Gasteiger partial charge on any atom is 0.301 e. The van der Waals surface area contributed by atoms with Gasteiger partial charge >= 0.3 is 5.82 Å². The quantitative estimate of drug-likeness (QED) is 0.525. The van der Waals surface area contributed by atoms with Crippen LogP contribution in [-0.2, 0) is 4.79 Å². The van der Waals surface area contributed by atoms with Crippen molar-refractivity contribution in [3.05, 3.63) is 11.4 Å². The van der Waals surface area contributed by atoms with E-state index >= 15 is 0 Å². The normalized spacial score (nSPS) is 9.30. The molecule has 0 saturated carbocycles. The smallest absolute Gasteiger partial charge is 0.301 e. The van der Waals surface area contributed by atoms with Crippen LogP contribution >= 0.6 is 0 Å². The van der Waals surface area contributed by atoms with Gasteiger partial charge in [0.1, 0.15) is 0 Å². The molecule has 1 rings (SSSR count). The van der Waals surface area contributed by atoms with Crippen molar-refractivity contribution in [3.63, 3.8) is 0 Å². The summed E-state index contributed by atoms with van der Waals surface area (Å²) in [5.74, 6) is -0.347. The Bertz CT molecular complexity index is 244. The zero-order chi connectivity index (χ0) is 7.56. The third-order valence-corrected chi connectivity index (χ3v) is 0.797. The van der Waals surface area contributed by atoms with Gasteiger partial charge in [0.05, 0.1) is 0 Å². The lowest BCUT2D eigenvalue weighted by Crippen LogP contribution is -2.28. The van der Waals surface area contributed by atoms with Crippen LogP contribution < -0.4 is 10.2 Å². The van der Waals surface area contributed by atoms with E-state index in [-0.39, 0.29) is 16.6 Å². The highest BCUT2D eigenvalue weighted by molar-refractivity contribution is 5.86. The molecule has 0 unspecified atom stereocenters. The molecule has 0 saturated heterocycles. The Kier molecular flexibility index (Phi) is 1.53. The zero-order valence-corrected chi connectivity index (χ0v) is 5.20. The van der Waals surface area contributed by atoms with Crippen molar-refractivity contribution < 1.29 is 14.3 Å². The summed E-state index contributed by atoms with van der Waals surface area (Å²) < 4.78 is 4.06. The molecule has 6 nitrogen and oxygen atoms in total. The molecule has 0 bridgehead atoms. The Morgan fingerprint density at radius 3 is 3.10 bits per heavy atom. The number of carbonyl (C=O) groups excluding carboxylic acids is 1. The van der Waals surface area contributed by atoms with Crippen LogP contribution in [0.2, 0.25) is 0 Å². The minimum Gasteiger partial charge on any atom is -0.391 e. The van der Waals surface area contributed by atoms with Gasteiger partial charge in [0.2, 0.25) is 0 Å². The molecule has 6 heteroatoms. The van der Waals surface area contributed by atoms with E-state index in [9.17, 15) is 10.0 Å². The predicted octanol–water partition coefficient (Wildman–Crippen LogP) is -0.734. The summed E-state index contributed by atoms with van der Waals surface area (Å²) in [6.45, 7) is 1.28. The molecule has 0 aliphatic heterocycles. The maximum atomic E-state index is 10.4. The van der Waals surface area contributed by atoms with E-state index in [4.69, 9.17) is 0 Å². The zero-order valence-electron chi connectivity index (χ0n) is 5.20. The number of nitrogens with zero attached hydrogens (tertiary/aromatic N) is 2. The minimum atomic E-state index is -0.340. The Morgan fingerprint density at radius 1 is 2.00 bits per heavy atom. The lowest BCUT2D eigenvalue weighted by molar-refractivity contribution is -0.790. The van der Waals surface area contributed by atoms with Crippen molar-refractivity contribution in [1.29, 1.82) is 0 Å². The van der Waals surface area contributed by atoms with Gasteiger partial charge in [0.25, 0.3) is 5.91 Å². The second-order valence-corrected chi connectivity index (χ2v) is 1.64. The van der Waals surface area contributed by atoms with Crippen LogP contribution in [0.4, 0.5) is 5.82 Å². The Labute approximate surface area is 56.0 Å². The average molecular weight is 143 g/mol. The summed E-state index contributed by atoms with van der Waals surface area (Å²) in [4.78, 5) is 10.4. The first-order chi connectivity index (χ1) is 4.70. The molecule has 0 aromatic carbocycles. The number of nitrogens with one attached hydrogen (secondary N) is 1. The average Bonchev–Trinajstić information content (AvgIpc) is 2.15. The van der Waals surface area contributed by atoms with E-state index in [2.05, 4.69) is 15.1 Å². The van der Waals surface area contributed by atoms with Crippen molar-refractivity contribution in [2.24, 2.45) is 0 Å². The molecule has 1 heterocycles.